The first-order valence-corrected chi connectivity index (χ1v) is 9.01. The van der Waals surface area contributed by atoms with Gasteiger partial charge in [-0.15, -0.1) is 0 Å². The summed E-state index contributed by atoms with van der Waals surface area (Å²) in [6.45, 7) is 6.08. The fraction of sp³-hybridized carbons (Fsp3) is 0.889. The molecule has 0 spiro atoms. The van der Waals surface area contributed by atoms with E-state index in [1.54, 1.807) is 7.05 Å². The summed E-state index contributed by atoms with van der Waals surface area (Å²) in [6.07, 6.45) is 9.32. The highest BCUT2D eigenvalue weighted by atomic mass is 16.6. The molecule has 0 bridgehead atoms. The van der Waals surface area contributed by atoms with E-state index in [0.717, 1.165) is 12.8 Å². The van der Waals surface area contributed by atoms with Crippen molar-refractivity contribution in [1.29, 1.82) is 0 Å². The number of hydrogen-bond donors (Lipinski definition) is 1. The molecule has 0 aliphatic heterocycles. The first-order chi connectivity index (χ1) is 10.8. The molecular formula is C18H34N2O3. The third kappa shape index (κ3) is 9.47. The first-order valence-electron chi connectivity index (χ1n) is 9.01. The van der Waals surface area contributed by atoms with Gasteiger partial charge in [0.2, 0.25) is 5.91 Å². The van der Waals surface area contributed by atoms with E-state index in [1.165, 1.54) is 37.0 Å². The van der Waals surface area contributed by atoms with E-state index >= 15 is 0 Å². The minimum Gasteiger partial charge on any atom is -0.444 e. The van der Waals surface area contributed by atoms with Crippen LogP contribution in [0.25, 0.3) is 0 Å². The lowest BCUT2D eigenvalue weighted by Gasteiger charge is -2.24. The Balaban J connectivity index is 2.21. The number of ether oxygens (including phenoxy) is 1. The van der Waals surface area contributed by atoms with Gasteiger partial charge in [0.25, 0.3) is 0 Å². The van der Waals surface area contributed by atoms with E-state index in [4.69, 9.17) is 4.74 Å². The van der Waals surface area contributed by atoms with Crippen LogP contribution in [-0.2, 0) is 9.53 Å². The SMILES string of the molecule is CN(CCCC(=O)NC1CCCCCCC1)C(=O)OC(C)(C)C. The summed E-state index contributed by atoms with van der Waals surface area (Å²) in [7, 11) is 1.71. The molecule has 0 aromatic carbocycles. The molecule has 0 saturated heterocycles. The van der Waals surface area contributed by atoms with Gasteiger partial charge in [0.15, 0.2) is 0 Å². The maximum Gasteiger partial charge on any atom is 0.410 e. The summed E-state index contributed by atoms with van der Waals surface area (Å²) in [5.74, 6) is 0.105. The fourth-order valence-electron chi connectivity index (χ4n) is 2.81. The average molecular weight is 326 g/mol. The lowest BCUT2D eigenvalue weighted by atomic mass is 9.96. The summed E-state index contributed by atoms with van der Waals surface area (Å²) in [5, 5.41) is 3.15. The maximum absolute atomic E-state index is 12.0. The Morgan fingerprint density at radius 2 is 1.65 bits per heavy atom. The van der Waals surface area contributed by atoms with Crippen molar-refractivity contribution in [3.05, 3.63) is 0 Å². The standard InChI is InChI=1S/C18H34N2O3/c1-18(2,3)23-17(22)20(4)14-10-13-16(21)19-15-11-8-6-5-7-9-12-15/h15H,5-14H2,1-4H3,(H,19,21). The molecule has 2 amide bonds. The van der Waals surface area contributed by atoms with Gasteiger partial charge in [0, 0.05) is 26.1 Å². The van der Waals surface area contributed by atoms with Gasteiger partial charge in [-0.3, -0.25) is 4.79 Å². The predicted molar refractivity (Wildman–Crippen MR) is 92.3 cm³/mol. The van der Waals surface area contributed by atoms with E-state index in [1.807, 2.05) is 20.8 Å². The van der Waals surface area contributed by atoms with Gasteiger partial charge in [-0.2, -0.15) is 0 Å². The normalized spacial score (nSPS) is 17.0. The molecule has 0 radical (unpaired) electrons. The third-order valence-electron chi connectivity index (χ3n) is 4.07. The minimum absolute atomic E-state index is 0.105. The summed E-state index contributed by atoms with van der Waals surface area (Å²) in [4.78, 5) is 25.4. The van der Waals surface area contributed by atoms with Gasteiger partial charge >= 0.3 is 6.09 Å². The second kappa shape index (κ2) is 9.78. The number of carbonyl (C=O) groups excluding carboxylic acids is 2. The van der Waals surface area contributed by atoms with Crippen molar-refractivity contribution in [2.24, 2.45) is 0 Å². The lowest BCUT2D eigenvalue weighted by Crippen LogP contribution is -2.37. The molecule has 0 heterocycles. The summed E-state index contributed by atoms with van der Waals surface area (Å²) < 4.78 is 5.29. The van der Waals surface area contributed by atoms with Gasteiger partial charge in [-0.1, -0.05) is 32.1 Å². The molecule has 1 aliphatic carbocycles. The quantitative estimate of drug-likeness (QED) is 0.834. The van der Waals surface area contributed by atoms with E-state index < -0.39 is 5.60 Å². The lowest BCUT2D eigenvalue weighted by molar-refractivity contribution is -0.122. The number of nitrogens with one attached hydrogen (secondary N) is 1. The second-order valence-electron chi connectivity index (χ2n) is 7.62. The number of amides is 2. The summed E-state index contributed by atoms with van der Waals surface area (Å²) in [6, 6.07) is 0.339. The Bertz CT molecular complexity index is 369. The Labute approximate surface area is 141 Å². The highest BCUT2D eigenvalue weighted by molar-refractivity contribution is 5.76. The molecule has 134 valence electrons. The highest BCUT2D eigenvalue weighted by Gasteiger charge is 2.19. The van der Waals surface area contributed by atoms with Crippen molar-refractivity contribution in [2.45, 2.75) is 90.2 Å². The smallest absolute Gasteiger partial charge is 0.410 e. The van der Waals surface area contributed by atoms with Crippen LogP contribution in [0.15, 0.2) is 0 Å². The van der Waals surface area contributed by atoms with Crippen molar-refractivity contribution in [1.82, 2.24) is 10.2 Å². The molecule has 23 heavy (non-hydrogen) atoms. The van der Waals surface area contributed by atoms with Gasteiger partial charge < -0.3 is 15.0 Å². The molecule has 5 nitrogen and oxygen atoms in total. The molecule has 5 heteroatoms. The second-order valence-corrected chi connectivity index (χ2v) is 7.62. The zero-order chi connectivity index (χ0) is 17.3. The van der Waals surface area contributed by atoms with Crippen LogP contribution in [0.5, 0.6) is 0 Å². The van der Waals surface area contributed by atoms with Gasteiger partial charge in [0.1, 0.15) is 5.60 Å². The van der Waals surface area contributed by atoms with Crippen LogP contribution in [-0.4, -0.2) is 42.1 Å². The van der Waals surface area contributed by atoms with Crippen LogP contribution in [0.4, 0.5) is 4.79 Å². The Kier molecular flexibility index (Phi) is 8.42. The molecule has 1 saturated carbocycles. The first kappa shape index (κ1) is 19.8. The summed E-state index contributed by atoms with van der Waals surface area (Å²) >= 11 is 0. The van der Waals surface area contributed by atoms with Crippen LogP contribution in [0, 0.1) is 0 Å². The molecule has 0 aromatic heterocycles. The Hall–Kier alpha value is -1.26. The third-order valence-corrected chi connectivity index (χ3v) is 4.07. The number of rotatable bonds is 5. The van der Waals surface area contributed by atoms with Crippen molar-refractivity contribution >= 4 is 12.0 Å². The monoisotopic (exact) mass is 326 g/mol. The molecule has 1 fully saturated rings. The zero-order valence-electron chi connectivity index (χ0n) is 15.3. The topological polar surface area (TPSA) is 58.6 Å². The number of carbonyl (C=O) groups is 2. The van der Waals surface area contributed by atoms with Crippen molar-refractivity contribution in [2.75, 3.05) is 13.6 Å². The molecule has 0 atom stereocenters. The average Bonchev–Trinajstić information content (AvgIpc) is 2.39. The van der Waals surface area contributed by atoms with Crippen LogP contribution in [0.3, 0.4) is 0 Å². The predicted octanol–water partition coefficient (Wildman–Crippen LogP) is 3.86. The van der Waals surface area contributed by atoms with Crippen molar-refractivity contribution in [3.63, 3.8) is 0 Å². The molecule has 1 aliphatic rings. The number of nitrogens with zero attached hydrogens (tertiary/aromatic N) is 1. The molecule has 0 unspecified atom stereocenters. The minimum atomic E-state index is -0.485. The number of hydrogen-bond acceptors (Lipinski definition) is 3. The van der Waals surface area contributed by atoms with E-state index in [2.05, 4.69) is 5.32 Å². The molecule has 1 rings (SSSR count). The molecular weight excluding hydrogens is 292 g/mol. The maximum atomic E-state index is 12.0. The van der Waals surface area contributed by atoms with Crippen LogP contribution in [0.1, 0.15) is 78.6 Å². The van der Waals surface area contributed by atoms with Crippen LogP contribution < -0.4 is 5.32 Å². The van der Waals surface area contributed by atoms with Gasteiger partial charge in [-0.25, -0.2) is 4.79 Å². The fourth-order valence-corrected chi connectivity index (χ4v) is 2.81. The summed E-state index contributed by atoms with van der Waals surface area (Å²) in [5.41, 5.74) is -0.485. The van der Waals surface area contributed by atoms with Crippen LogP contribution in [0.2, 0.25) is 0 Å². The largest absolute Gasteiger partial charge is 0.444 e. The van der Waals surface area contributed by atoms with Gasteiger partial charge in [0.05, 0.1) is 0 Å². The Morgan fingerprint density at radius 1 is 1.09 bits per heavy atom. The van der Waals surface area contributed by atoms with Crippen molar-refractivity contribution < 1.29 is 14.3 Å². The van der Waals surface area contributed by atoms with Gasteiger partial charge in [-0.05, 0) is 40.0 Å². The van der Waals surface area contributed by atoms with Crippen molar-refractivity contribution in [3.8, 4) is 0 Å². The van der Waals surface area contributed by atoms with E-state index in [-0.39, 0.29) is 12.0 Å². The molecule has 1 N–H and O–H groups in total. The molecule has 0 aromatic rings. The zero-order valence-corrected chi connectivity index (χ0v) is 15.3. The Morgan fingerprint density at radius 3 is 2.22 bits per heavy atom. The van der Waals surface area contributed by atoms with E-state index in [9.17, 15) is 9.59 Å². The van der Waals surface area contributed by atoms with E-state index in [0.29, 0.717) is 25.4 Å². The van der Waals surface area contributed by atoms with Crippen LogP contribution >= 0.6 is 0 Å². The highest BCUT2D eigenvalue weighted by Crippen LogP contribution is 2.17.